The van der Waals surface area contributed by atoms with Crippen molar-refractivity contribution < 1.29 is 19.1 Å². The fraction of sp³-hybridized carbons (Fsp3) is 0.529. The summed E-state index contributed by atoms with van der Waals surface area (Å²) in [7, 11) is 0. The Kier molecular flexibility index (Phi) is 4.13. The molecular formula is C17H21N3O4. The van der Waals surface area contributed by atoms with Crippen LogP contribution in [-0.4, -0.2) is 65.2 Å². The van der Waals surface area contributed by atoms with Gasteiger partial charge in [-0.05, 0) is 26.8 Å². The quantitative estimate of drug-likeness (QED) is 0.760. The first-order chi connectivity index (χ1) is 11.3. The molecule has 0 radical (unpaired) electrons. The van der Waals surface area contributed by atoms with Gasteiger partial charge in [0.1, 0.15) is 0 Å². The van der Waals surface area contributed by atoms with Gasteiger partial charge >= 0.3 is 6.03 Å². The van der Waals surface area contributed by atoms with Crippen LogP contribution in [0, 0.1) is 5.92 Å². The average Bonchev–Trinajstić information content (AvgIpc) is 2.53. The molecule has 3 aliphatic rings. The molecule has 3 rings (SSSR count). The van der Waals surface area contributed by atoms with Gasteiger partial charge in [0.05, 0.1) is 30.4 Å². The number of nitrogens with zero attached hydrogens (tertiary/aromatic N) is 3. The van der Waals surface area contributed by atoms with E-state index in [9.17, 15) is 14.4 Å². The molecular weight excluding hydrogens is 310 g/mol. The summed E-state index contributed by atoms with van der Waals surface area (Å²) in [6.07, 6.45) is 4.86. The lowest BCUT2D eigenvalue weighted by Gasteiger charge is -2.42. The molecule has 0 N–H and O–H groups in total. The van der Waals surface area contributed by atoms with Crippen LogP contribution < -0.4 is 0 Å². The van der Waals surface area contributed by atoms with Gasteiger partial charge < -0.3 is 9.64 Å². The second-order valence-corrected chi connectivity index (χ2v) is 6.66. The Morgan fingerprint density at radius 1 is 1.42 bits per heavy atom. The maximum Gasteiger partial charge on any atom is 0.350 e. The minimum absolute atomic E-state index is 0.140. The predicted octanol–water partition coefficient (Wildman–Crippen LogP) is 1.16. The van der Waals surface area contributed by atoms with Crippen molar-refractivity contribution >= 4 is 23.6 Å². The highest BCUT2D eigenvalue weighted by molar-refractivity contribution is 6.23. The molecule has 128 valence electrons. The monoisotopic (exact) mass is 331 g/mol. The maximum atomic E-state index is 12.8. The van der Waals surface area contributed by atoms with E-state index in [1.807, 2.05) is 13.8 Å². The first kappa shape index (κ1) is 16.6. The zero-order valence-corrected chi connectivity index (χ0v) is 14.1. The first-order valence-corrected chi connectivity index (χ1v) is 8.08. The number of amides is 4. The molecule has 1 fully saturated rings. The van der Waals surface area contributed by atoms with E-state index in [2.05, 4.69) is 4.99 Å². The molecule has 0 saturated carbocycles. The smallest absolute Gasteiger partial charge is 0.350 e. The summed E-state index contributed by atoms with van der Waals surface area (Å²) in [5.41, 5.74) is 0.372. The van der Waals surface area contributed by atoms with Crippen molar-refractivity contribution in [2.75, 3.05) is 26.3 Å². The number of aliphatic imine (C=N–C) groups is 1. The molecule has 0 bridgehead atoms. The van der Waals surface area contributed by atoms with Crippen LogP contribution in [0.25, 0.3) is 0 Å². The summed E-state index contributed by atoms with van der Waals surface area (Å²) in [4.78, 5) is 43.9. The second-order valence-electron chi connectivity index (χ2n) is 6.66. The first-order valence-electron chi connectivity index (χ1n) is 8.08. The van der Waals surface area contributed by atoms with Gasteiger partial charge in [0, 0.05) is 18.7 Å². The topological polar surface area (TPSA) is 79.3 Å². The minimum Gasteiger partial charge on any atom is -0.377 e. The molecule has 2 aliphatic heterocycles. The van der Waals surface area contributed by atoms with Gasteiger partial charge in [-0.3, -0.25) is 14.5 Å². The summed E-state index contributed by atoms with van der Waals surface area (Å²) in [5, 5.41) is 0. The molecule has 0 aromatic rings. The number of urea groups is 1. The van der Waals surface area contributed by atoms with Crippen molar-refractivity contribution in [3.05, 3.63) is 23.8 Å². The molecule has 1 saturated heterocycles. The van der Waals surface area contributed by atoms with E-state index in [4.69, 9.17) is 4.74 Å². The number of carbonyl (C=O) groups excluding carboxylic acids is 3. The number of ether oxygens (including phenoxy) is 1. The normalized spacial score (nSPS) is 26.0. The molecule has 0 spiro atoms. The number of rotatable bonds is 2. The Hall–Kier alpha value is -2.28. The minimum atomic E-state index is -0.586. The fourth-order valence-corrected chi connectivity index (χ4v) is 3.15. The van der Waals surface area contributed by atoms with Crippen LogP contribution in [0.5, 0.6) is 0 Å². The highest BCUT2D eigenvalue weighted by Crippen LogP contribution is 2.26. The van der Waals surface area contributed by atoms with Crippen molar-refractivity contribution in [2.24, 2.45) is 10.9 Å². The molecule has 7 heteroatoms. The van der Waals surface area contributed by atoms with Crippen LogP contribution in [0.4, 0.5) is 4.79 Å². The van der Waals surface area contributed by atoms with E-state index in [-0.39, 0.29) is 18.4 Å². The summed E-state index contributed by atoms with van der Waals surface area (Å²) in [6, 6.07) is -0.571. The second kappa shape index (κ2) is 5.98. The van der Waals surface area contributed by atoms with Crippen molar-refractivity contribution in [1.82, 2.24) is 9.80 Å². The van der Waals surface area contributed by atoms with E-state index in [1.165, 1.54) is 0 Å². The van der Waals surface area contributed by atoms with Gasteiger partial charge in [0.15, 0.2) is 0 Å². The van der Waals surface area contributed by atoms with E-state index in [0.29, 0.717) is 31.0 Å². The number of imide groups is 1. The average molecular weight is 331 g/mol. The van der Waals surface area contributed by atoms with Crippen LogP contribution in [0.15, 0.2) is 28.8 Å². The molecule has 1 atom stereocenters. The number of allylic oxidation sites excluding steroid dienone is 1. The number of hydrogen-bond acceptors (Lipinski definition) is 4. The molecule has 0 aromatic carbocycles. The summed E-state index contributed by atoms with van der Waals surface area (Å²) in [5.74, 6) is -1.02. The standard InChI is InChI=1S/C17H21N3O4/c1-4-19-15(22)12-6-5-11(9-13(12)18-16(19)23)14(21)20-7-8-24-10-17(20,2)3/h5-6,9,12H,4,7-8,10H2,1-3H3. The van der Waals surface area contributed by atoms with Gasteiger partial charge in [-0.25, -0.2) is 4.79 Å². The molecule has 24 heavy (non-hydrogen) atoms. The summed E-state index contributed by atoms with van der Waals surface area (Å²) >= 11 is 0. The van der Waals surface area contributed by atoms with Crippen molar-refractivity contribution in [3.63, 3.8) is 0 Å². The van der Waals surface area contributed by atoms with E-state index < -0.39 is 17.5 Å². The van der Waals surface area contributed by atoms with Crippen LogP contribution in [0.3, 0.4) is 0 Å². The van der Waals surface area contributed by atoms with E-state index in [1.54, 1.807) is 30.1 Å². The molecule has 2 heterocycles. The fourth-order valence-electron chi connectivity index (χ4n) is 3.15. The van der Waals surface area contributed by atoms with Crippen LogP contribution >= 0.6 is 0 Å². The number of fused-ring (bicyclic) bond motifs is 1. The Balaban J connectivity index is 1.88. The Morgan fingerprint density at radius 2 is 2.17 bits per heavy atom. The lowest BCUT2D eigenvalue weighted by atomic mass is 9.90. The molecule has 7 nitrogen and oxygen atoms in total. The van der Waals surface area contributed by atoms with Crippen LogP contribution in [0.2, 0.25) is 0 Å². The van der Waals surface area contributed by atoms with Gasteiger partial charge in [0.2, 0.25) is 5.91 Å². The zero-order valence-electron chi connectivity index (χ0n) is 14.1. The van der Waals surface area contributed by atoms with Crippen LogP contribution in [0.1, 0.15) is 20.8 Å². The van der Waals surface area contributed by atoms with Gasteiger partial charge in [-0.15, -0.1) is 0 Å². The van der Waals surface area contributed by atoms with Crippen LogP contribution in [-0.2, 0) is 14.3 Å². The van der Waals surface area contributed by atoms with E-state index in [0.717, 1.165) is 4.90 Å². The third-order valence-electron chi connectivity index (χ3n) is 4.53. The molecule has 0 aromatic heterocycles. The SMILES string of the molecule is CCN1C(=O)N=C2C=C(C(=O)N3CCOCC3(C)C)C=CC2C1=O. The third kappa shape index (κ3) is 2.69. The highest BCUT2D eigenvalue weighted by Gasteiger charge is 2.39. The number of morpholine rings is 1. The highest BCUT2D eigenvalue weighted by atomic mass is 16.5. The Labute approximate surface area is 140 Å². The molecule has 4 amide bonds. The van der Waals surface area contributed by atoms with Crippen molar-refractivity contribution in [2.45, 2.75) is 26.3 Å². The Bertz CT molecular complexity index is 690. The lowest BCUT2D eigenvalue weighted by Crippen LogP contribution is -2.56. The molecule has 1 unspecified atom stereocenters. The van der Waals surface area contributed by atoms with Crippen molar-refractivity contribution in [1.29, 1.82) is 0 Å². The maximum absolute atomic E-state index is 12.8. The van der Waals surface area contributed by atoms with Crippen molar-refractivity contribution in [3.8, 4) is 0 Å². The van der Waals surface area contributed by atoms with Gasteiger partial charge in [-0.1, -0.05) is 12.2 Å². The number of hydrogen-bond donors (Lipinski definition) is 0. The van der Waals surface area contributed by atoms with Gasteiger partial charge in [-0.2, -0.15) is 4.99 Å². The lowest BCUT2D eigenvalue weighted by molar-refractivity contribution is -0.141. The van der Waals surface area contributed by atoms with Gasteiger partial charge in [0.25, 0.3) is 5.91 Å². The largest absolute Gasteiger partial charge is 0.377 e. The summed E-state index contributed by atoms with van der Waals surface area (Å²) < 4.78 is 5.44. The number of carbonyl (C=O) groups is 3. The summed E-state index contributed by atoms with van der Waals surface area (Å²) in [6.45, 7) is 7.40. The molecule has 1 aliphatic carbocycles. The predicted molar refractivity (Wildman–Crippen MR) is 87.5 cm³/mol. The third-order valence-corrected chi connectivity index (χ3v) is 4.53. The Morgan fingerprint density at radius 3 is 2.83 bits per heavy atom. The van der Waals surface area contributed by atoms with E-state index >= 15 is 0 Å². The zero-order chi connectivity index (χ0) is 17.5.